The molecule has 1 amide bonds. The monoisotopic (exact) mass is 207 g/mol. The van der Waals surface area contributed by atoms with Gasteiger partial charge >= 0.3 is 0 Å². The lowest BCUT2D eigenvalue weighted by molar-refractivity contribution is 0.0943. The third-order valence-electron chi connectivity index (χ3n) is 1.87. The van der Waals surface area contributed by atoms with Crippen LogP contribution in [0.1, 0.15) is 24.2 Å². The van der Waals surface area contributed by atoms with E-state index in [4.69, 9.17) is 0 Å². The van der Waals surface area contributed by atoms with Gasteiger partial charge < -0.3 is 10.2 Å². The average Bonchev–Trinajstić information content (AvgIpc) is 2.16. The highest BCUT2D eigenvalue weighted by Gasteiger charge is 2.13. The number of rotatable bonds is 3. The largest absolute Gasteiger partial charge is 0.362 e. The van der Waals surface area contributed by atoms with Gasteiger partial charge in [0.15, 0.2) is 0 Å². The average molecular weight is 207 g/mol. The summed E-state index contributed by atoms with van der Waals surface area (Å²) in [4.78, 5) is 17.8. The SMILES string of the molecule is CC(C)NC(=O)c1cccnc1N(C)C. The van der Waals surface area contributed by atoms with E-state index in [1.165, 1.54) is 0 Å². The number of pyridine rings is 1. The second-order valence-electron chi connectivity index (χ2n) is 3.90. The van der Waals surface area contributed by atoms with E-state index in [1.807, 2.05) is 32.8 Å². The van der Waals surface area contributed by atoms with E-state index >= 15 is 0 Å². The third kappa shape index (κ3) is 2.94. The van der Waals surface area contributed by atoms with E-state index in [0.717, 1.165) is 0 Å². The van der Waals surface area contributed by atoms with Crippen molar-refractivity contribution in [2.24, 2.45) is 0 Å². The lowest BCUT2D eigenvalue weighted by Gasteiger charge is -2.16. The van der Waals surface area contributed by atoms with E-state index in [9.17, 15) is 4.79 Å². The summed E-state index contributed by atoms with van der Waals surface area (Å²) in [6, 6.07) is 3.68. The first-order chi connectivity index (χ1) is 7.02. The minimum atomic E-state index is -0.0817. The van der Waals surface area contributed by atoms with Crippen LogP contribution in [-0.2, 0) is 0 Å². The number of nitrogens with one attached hydrogen (secondary N) is 1. The van der Waals surface area contributed by atoms with Gasteiger partial charge in [0.1, 0.15) is 5.82 Å². The molecule has 0 spiro atoms. The minimum absolute atomic E-state index is 0.0817. The zero-order valence-corrected chi connectivity index (χ0v) is 9.61. The predicted molar refractivity (Wildman–Crippen MR) is 61.2 cm³/mol. The number of hydrogen-bond acceptors (Lipinski definition) is 3. The molecule has 0 aliphatic rings. The second kappa shape index (κ2) is 4.77. The molecule has 82 valence electrons. The molecule has 0 aliphatic heterocycles. The molecule has 1 rings (SSSR count). The van der Waals surface area contributed by atoms with Crippen LogP contribution in [0.3, 0.4) is 0 Å². The molecule has 0 unspecified atom stereocenters. The summed E-state index contributed by atoms with van der Waals surface area (Å²) in [6.45, 7) is 3.87. The number of hydrogen-bond donors (Lipinski definition) is 1. The van der Waals surface area contributed by atoms with Gasteiger partial charge in [-0.05, 0) is 26.0 Å². The van der Waals surface area contributed by atoms with Gasteiger partial charge in [0.25, 0.3) is 5.91 Å². The van der Waals surface area contributed by atoms with Crippen LogP contribution in [-0.4, -0.2) is 31.0 Å². The summed E-state index contributed by atoms with van der Waals surface area (Å²) in [5.74, 6) is 0.609. The van der Waals surface area contributed by atoms with E-state index in [0.29, 0.717) is 11.4 Å². The highest BCUT2D eigenvalue weighted by molar-refractivity contribution is 5.98. The van der Waals surface area contributed by atoms with Crippen molar-refractivity contribution < 1.29 is 4.79 Å². The topological polar surface area (TPSA) is 45.2 Å². The molecule has 0 saturated heterocycles. The van der Waals surface area contributed by atoms with Crippen molar-refractivity contribution in [1.29, 1.82) is 0 Å². The highest BCUT2D eigenvalue weighted by Crippen LogP contribution is 2.13. The molecule has 0 atom stereocenters. The lowest BCUT2D eigenvalue weighted by Crippen LogP contribution is -2.31. The standard InChI is InChI=1S/C11H17N3O/c1-8(2)13-11(15)9-6-5-7-12-10(9)14(3)4/h5-8H,1-4H3,(H,13,15). The molecule has 4 nitrogen and oxygen atoms in total. The molecule has 4 heteroatoms. The van der Waals surface area contributed by atoms with Crippen molar-refractivity contribution in [3.63, 3.8) is 0 Å². The van der Waals surface area contributed by atoms with Crippen molar-refractivity contribution in [3.8, 4) is 0 Å². The van der Waals surface area contributed by atoms with E-state index in [2.05, 4.69) is 10.3 Å². The number of amides is 1. The minimum Gasteiger partial charge on any atom is -0.362 e. The molecular formula is C11H17N3O. The Balaban J connectivity index is 2.97. The van der Waals surface area contributed by atoms with Crippen molar-refractivity contribution in [2.45, 2.75) is 19.9 Å². The van der Waals surface area contributed by atoms with Crippen LogP contribution in [0.5, 0.6) is 0 Å². The highest BCUT2D eigenvalue weighted by atomic mass is 16.1. The van der Waals surface area contributed by atoms with Crippen LogP contribution in [0.4, 0.5) is 5.82 Å². The lowest BCUT2D eigenvalue weighted by atomic mass is 10.2. The van der Waals surface area contributed by atoms with Gasteiger partial charge in [0.05, 0.1) is 5.56 Å². The van der Waals surface area contributed by atoms with Crippen molar-refractivity contribution >= 4 is 11.7 Å². The van der Waals surface area contributed by atoms with Crippen LogP contribution in [0.15, 0.2) is 18.3 Å². The Labute approximate surface area is 90.3 Å². The zero-order chi connectivity index (χ0) is 11.4. The number of carbonyl (C=O) groups excluding carboxylic acids is 1. The molecular weight excluding hydrogens is 190 g/mol. The molecule has 15 heavy (non-hydrogen) atoms. The Hall–Kier alpha value is -1.58. The molecule has 0 aliphatic carbocycles. The predicted octanol–water partition coefficient (Wildman–Crippen LogP) is 1.29. The van der Waals surface area contributed by atoms with E-state index < -0.39 is 0 Å². The summed E-state index contributed by atoms with van der Waals surface area (Å²) >= 11 is 0. The zero-order valence-electron chi connectivity index (χ0n) is 9.61. The molecule has 1 N–H and O–H groups in total. The van der Waals surface area contributed by atoms with Gasteiger partial charge in [-0.1, -0.05) is 0 Å². The van der Waals surface area contributed by atoms with Crippen molar-refractivity contribution in [2.75, 3.05) is 19.0 Å². The third-order valence-corrected chi connectivity index (χ3v) is 1.87. The van der Waals surface area contributed by atoms with E-state index in [-0.39, 0.29) is 11.9 Å². The number of carbonyl (C=O) groups is 1. The normalized spacial score (nSPS) is 10.2. The fraction of sp³-hybridized carbons (Fsp3) is 0.455. The summed E-state index contributed by atoms with van der Waals surface area (Å²) in [5.41, 5.74) is 0.608. The molecule has 1 heterocycles. The Kier molecular flexibility index (Phi) is 3.66. The van der Waals surface area contributed by atoms with Crippen LogP contribution in [0, 0.1) is 0 Å². The van der Waals surface area contributed by atoms with E-state index in [1.54, 1.807) is 18.3 Å². The summed E-state index contributed by atoms with van der Waals surface area (Å²) in [7, 11) is 3.74. The summed E-state index contributed by atoms with van der Waals surface area (Å²) in [6.07, 6.45) is 1.68. The Morgan fingerprint density at radius 3 is 2.67 bits per heavy atom. The molecule has 0 saturated carbocycles. The van der Waals surface area contributed by atoms with Gasteiger partial charge in [0.2, 0.25) is 0 Å². The molecule has 0 fully saturated rings. The maximum atomic E-state index is 11.8. The maximum Gasteiger partial charge on any atom is 0.255 e. The first-order valence-corrected chi connectivity index (χ1v) is 4.95. The Morgan fingerprint density at radius 2 is 2.13 bits per heavy atom. The van der Waals surface area contributed by atoms with Crippen LogP contribution >= 0.6 is 0 Å². The molecule has 0 bridgehead atoms. The first kappa shape index (κ1) is 11.5. The molecule has 0 aromatic carbocycles. The van der Waals surface area contributed by atoms with Gasteiger partial charge in [-0.2, -0.15) is 0 Å². The summed E-state index contributed by atoms with van der Waals surface area (Å²) in [5, 5.41) is 2.85. The van der Waals surface area contributed by atoms with Gasteiger partial charge in [-0.15, -0.1) is 0 Å². The van der Waals surface area contributed by atoms with Crippen LogP contribution in [0.25, 0.3) is 0 Å². The number of nitrogens with zero attached hydrogens (tertiary/aromatic N) is 2. The van der Waals surface area contributed by atoms with Crippen LogP contribution < -0.4 is 10.2 Å². The van der Waals surface area contributed by atoms with Crippen molar-refractivity contribution in [1.82, 2.24) is 10.3 Å². The molecule has 1 aromatic heterocycles. The van der Waals surface area contributed by atoms with Crippen LogP contribution in [0.2, 0.25) is 0 Å². The fourth-order valence-corrected chi connectivity index (χ4v) is 1.27. The molecule has 1 aromatic rings. The number of aromatic nitrogens is 1. The first-order valence-electron chi connectivity index (χ1n) is 4.95. The van der Waals surface area contributed by atoms with Gasteiger partial charge in [-0.3, -0.25) is 4.79 Å². The Bertz CT molecular complexity index is 347. The van der Waals surface area contributed by atoms with Gasteiger partial charge in [0, 0.05) is 26.3 Å². The second-order valence-corrected chi connectivity index (χ2v) is 3.90. The number of anilines is 1. The molecule has 0 radical (unpaired) electrons. The van der Waals surface area contributed by atoms with Crippen molar-refractivity contribution in [3.05, 3.63) is 23.9 Å². The maximum absolute atomic E-state index is 11.8. The van der Waals surface area contributed by atoms with Gasteiger partial charge in [-0.25, -0.2) is 4.98 Å². The fourth-order valence-electron chi connectivity index (χ4n) is 1.27. The quantitative estimate of drug-likeness (QED) is 0.812. The Morgan fingerprint density at radius 1 is 1.47 bits per heavy atom. The summed E-state index contributed by atoms with van der Waals surface area (Å²) < 4.78 is 0. The smallest absolute Gasteiger partial charge is 0.255 e.